The highest BCUT2D eigenvalue weighted by atomic mass is 16.5. The van der Waals surface area contributed by atoms with Crippen molar-refractivity contribution in [2.45, 2.75) is 51.5 Å². The highest BCUT2D eigenvalue weighted by Crippen LogP contribution is 2.29. The van der Waals surface area contributed by atoms with E-state index in [2.05, 4.69) is 16.7 Å². The number of rotatable bonds is 5. The van der Waals surface area contributed by atoms with Gasteiger partial charge >= 0.3 is 5.97 Å². The summed E-state index contributed by atoms with van der Waals surface area (Å²) >= 11 is 0. The van der Waals surface area contributed by atoms with Crippen LogP contribution in [0.5, 0.6) is 0 Å². The maximum Gasteiger partial charge on any atom is 0.306 e. The molecule has 1 heterocycles. The smallest absolute Gasteiger partial charge is 0.306 e. The standard InChI is InChI=1S/C16H30N2O2/c1-3-14-4-6-15(7-5-14)18-12-10-17(11-13-18)9-8-16(19)20-2/h14-15H,3-13H2,1-2H3. The van der Waals surface area contributed by atoms with E-state index in [9.17, 15) is 4.79 Å². The molecule has 0 N–H and O–H groups in total. The molecular weight excluding hydrogens is 252 g/mol. The first-order chi connectivity index (χ1) is 9.72. The zero-order valence-corrected chi connectivity index (χ0v) is 13.1. The first kappa shape index (κ1) is 15.8. The van der Waals surface area contributed by atoms with Crippen LogP contribution in [-0.2, 0) is 9.53 Å². The number of nitrogens with zero attached hydrogens (tertiary/aromatic N) is 2. The maximum absolute atomic E-state index is 11.2. The van der Waals surface area contributed by atoms with E-state index < -0.39 is 0 Å². The van der Waals surface area contributed by atoms with Crippen molar-refractivity contribution in [3.63, 3.8) is 0 Å². The molecule has 2 fully saturated rings. The summed E-state index contributed by atoms with van der Waals surface area (Å²) in [6.45, 7) is 7.72. The van der Waals surface area contributed by atoms with E-state index in [-0.39, 0.29) is 5.97 Å². The Balaban J connectivity index is 1.65. The lowest BCUT2D eigenvalue weighted by atomic mass is 9.84. The van der Waals surface area contributed by atoms with Crippen molar-refractivity contribution in [3.05, 3.63) is 0 Å². The fraction of sp³-hybridized carbons (Fsp3) is 0.938. The lowest BCUT2D eigenvalue weighted by Gasteiger charge is -2.42. The van der Waals surface area contributed by atoms with Crippen LogP contribution in [0.1, 0.15) is 45.4 Å². The Bertz CT molecular complexity index is 293. The van der Waals surface area contributed by atoms with Gasteiger partial charge in [0.25, 0.3) is 0 Å². The summed E-state index contributed by atoms with van der Waals surface area (Å²) in [6.07, 6.45) is 7.50. The quantitative estimate of drug-likeness (QED) is 0.723. The van der Waals surface area contributed by atoms with E-state index in [1.807, 2.05) is 0 Å². The first-order valence-corrected chi connectivity index (χ1v) is 8.26. The van der Waals surface area contributed by atoms with Crippen molar-refractivity contribution >= 4 is 5.97 Å². The third-order valence-corrected chi connectivity index (χ3v) is 5.18. The van der Waals surface area contributed by atoms with Crippen molar-refractivity contribution in [3.8, 4) is 0 Å². The zero-order valence-electron chi connectivity index (χ0n) is 13.1. The lowest BCUT2D eigenvalue weighted by molar-refractivity contribution is -0.141. The molecule has 1 aliphatic carbocycles. The molecule has 1 saturated heterocycles. The van der Waals surface area contributed by atoms with E-state index in [0.29, 0.717) is 6.42 Å². The molecule has 0 bridgehead atoms. The van der Waals surface area contributed by atoms with Gasteiger partial charge in [-0.25, -0.2) is 0 Å². The van der Waals surface area contributed by atoms with Gasteiger partial charge in [0.2, 0.25) is 0 Å². The summed E-state index contributed by atoms with van der Waals surface area (Å²) in [5.74, 6) is 0.887. The van der Waals surface area contributed by atoms with Gasteiger partial charge in [-0.3, -0.25) is 9.69 Å². The maximum atomic E-state index is 11.2. The van der Waals surface area contributed by atoms with Gasteiger partial charge in [-0.1, -0.05) is 13.3 Å². The SMILES string of the molecule is CCC1CCC(N2CCN(CCC(=O)OC)CC2)CC1. The summed E-state index contributed by atoms with van der Waals surface area (Å²) in [7, 11) is 1.47. The number of hydrogen-bond acceptors (Lipinski definition) is 4. The van der Waals surface area contributed by atoms with Gasteiger partial charge in [0.15, 0.2) is 0 Å². The zero-order chi connectivity index (χ0) is 14.4. The van der Waals surface area contributed by atoms with E-state index in [4.69, 9.17) is 4.74 Å². The predicted octanol–water partition coefficient (Wildman–Crippen LogP) is 2.14. The highest BCUT2D eigenvalue weighted by molar-refractivity contribution is 5.69. The average Bonchev–Trinajstić information content (AvgIpc) is 2.53. The average molecular weight is 282 g/mol. The Labute approximate surface area is 123 Å². The summed E-state index contributed by atoms with van der Waals surface area (Å²) in [6, 6.07) is 0.820. The van der Waals surface area contributed by atoms with Gasteiger partial charge in [0, 0.05) is 38.8 Å². The van der Waals surface area contributed by atoms with Gasteiger partial charge in [-0.2, -0.15) is 0 Å². The Morgan fingerprint density at radius 3 is 2.30 bits per heavy atom. The van der Waals surface area contributed by atoms with Crippen LogP contribution in [0.3, 0.4) is 0 Å². The second-order valence-electron chi connectivity index (χ2n) is 6.29. The number of methoxy groups -OCH3 is 1. The van der Waals surface area contributed by atoms with E-state index in [1.165, 1.54) is 52.3 Å². The molecule has 0 atom stereocenters. The molecule has 0 radical (unpaired) electrons. The molecule has 4 nitrogen and oxygen atoms in total. The van der Waals surface area contributed by atoms with Crippen LogP contribution in [0.2, 0.25) is 0 Å². The minimum Gasteiger partial charge on any atom is -0.469 e. The summed E-state index contributed by atoms with van der Waals surface area (Å²) < 4.78 is 4.70. The molecule has 1 saturated carbocycles. The monoisotopic (exact) mass is 282 g/mol. The largest absolute Gasteiger partial charge is 0.469 e. The fourth-order valence-corrected chi connectivity index (χ4v) is 3.62. The molecule has 4 heteroatoms. The summed E-state index contributed by atoms with van der Waals surface area (Å²) in [5.41, 5.74) is 0. The van der Waals surface area contributed by atoms with Gasteiger partial charge in [0.05, 0.1) is 13.5 Å². The molecule has 0 aromatic carbocycles. The van der Waals surface area contributed by atoms with Crippen LogP contribution in [-0.4, -0.2) is 61.6 Å². The van der Waals surface area contributed by atoms with Gasteiger partial charge < -0.3 is 9.64 Å². The van der Waals surface area contributed by atoms with Crippen molar-refractivity contribution in [1.29, 1.82) is 0 Å². The van der Waals surface area contributed by atoms with Gasteiger partial charge in [-0.15, -0.1) is 0 Å². The molecule has 20 heavy (non-hydrogen) atoms. The second-order valence-corrected chi connectivity index (χ2v) is 6.29. The van der Waals surface area contributed by atoms with E-state index in [0.717, 1.165) is 31.6 Å². The van der Waals surface area contributed by atoms with Crippen molar-refractivity contribution in [1.82, 2.24) is 9.80 Å². The van der Waals surface area contributed by atoms with Crippen LogP contribution < -0.4 is 0 Å². The molecule has 0 aromatic rings. The van der Waals surface area contributed by atoms with Gasteiger partial charge in [-0.05, 0) is 31.6 Å². The predicted molar refractivity (Wildman–Crippen MR) is 80.7 cm³/mol. The van der Waals surface area contributed by atoms with E-state index >= 15 is 0 Å². The Kier molecular flexibility index (Phi) is 6.30. The van der Waals surface area contributed by atoms with Crippen LogP contribution in [0.15, 0.2) is 0 Å². The number of esters is 1. The number of carbonyl (C=O) groups excluding carboxylic acids is 1. The van der Waals surface area contributed by atoms with E-state index in [1.54, 1.807) is 0 Å². The Hall–Kier alpha value is -0.610. The fourth-order valence-electron chi connectivity index (χ4n) is 3.62. The molecule has 0 aromatic heterocycles. The Morgan fingerprint density at radius 2 is 1.75 bits per heavy atom. The minimum absolute atomic E-state index is 0.0923. The van der Waals surface area contributed by atoms with Crippen LogP contribution in [0.4, 0.5) is 0 Å². The molecular formula is C16H30N2O2. The van der Waals surface area contributed by atoms with Crippen LogP contribution in [0, 0.1) is 5.92 Å². The molecule has 1 aliphatic heterocycles. The second kappa shape index (κ2) is 7.99. The number of hydrogen-bond donors (Lipinski definition) is 0. The highest BCUT2D eigenvalue weighted by Gasteiger charge is 2.27. The molecule has 2 aliphatic rings. The number of carbonyl (C=O) groups is 1. The molecule has 2 rings (SSSR count). The number of ether oxygens (including phenoxy) is 1. The molecule has 116 valence electrons. The normalized spacial score (nSPS) is 29.3. The molecule has 0 spiro atoms. The summed E-state index contributed by atoms with van der Waals surface area (Å²) in [5, 5.41) is 0. The van der Waals surface area contributed by atoms with Crippen molar-refractivity contribution in [2.75, 3.05) is 39.8 Å². The molecule has 0 unspecified atom stereocenters. The lowest BCUT2D eigenvalue weighted by Crippen LogP contribution is -2.51. The van der Waals surface area contributed by atoms with Crippen LogP contribution >= 0.6 is 0 Å². The third-order valence-electron chi connectivity index (χ3n) is 5.18. The van der Waals surface area contributed by atoms with Crippen LogP contribution in [0.25, 0.3) is 0 Å². The first-order valence-electron chi connectivity index (χ1n) is 8.26. The number of piperazine rings is 1. The molecule has 0 amide bonds. The van der Waals surface area contributed by atoms with Crippen molar-refractivity contribution in [2.24, 2.45) is 5.92 Å². The Morgan fingerprint density at radius 1 is 1.10 bits per heavy atom. The topological polar surface area (TPSA) is 32.8 Å². The summed E-state index contributed by atoms with van der Waals surface area (Å²) in [4.78, 5) is 16.2. The van der Waals surface area contributed by atoms with Crippen molar-refractivity contribution < 1.29 is 9.53 Å². The minimum atomic E-state index is -0.0923. The third kappa shape index (κ3) is 4.45. The van der Waals surface area contributed by atoms with Gasteiger partial charge in [0.1, 0.15) is 0 Å².